The minimum Gasteiger partial charge on any atom is -0.378 e. The molecular formula is C24H37N5O2. The smallest absolute Gasteiger partial charge is 0.191 e. The monoisotopic (exact) mass is 427 g/mol. The van der Waals surface area contributed by atoms with E-state index in [4.69, 9.17) is 9.26 Å². The zero-order valence-corrected chi connectivity index (χ0v) is 19.1. The van der Waals surface area contributed by atoms with Crippen LogP contribution >= 0.6 is 0 Å². The summed E-state index contributed by atoms with van der Waals surface area (Å²) in [6.45, 7) is 9.61. The summed E-state index contributed by atoms with van der Waals surface area (Å²) >= 11 is 0. The second-order valence-corrected chi connectivity index (χ2v) is 8.41. The summed E-state index contributed by atoms with van der Waals surface area (Å²) in [5, 5.41) is 10.7. The molecule has 1 aromatic heterocycles. The van der Waals surface area contributed by atoms with Crippen molar-refractivity contribution in [1.82, 2.24) is 20.7 Å². The molecule has 7 nitrogen and oxygen atoms in total. The maximum absolute atomic E-state index is 6.10. The molecule has 2 N–H and O–H groups in total. The number of piperidine rings is 1. The first-order valence-electron chi connectivity index (χ1n) is 11.4. The Bertz CT molecular complexity index is 782. The highest BCUT2D eigenvalue weighted by Gasteiger charge is 2.19. The van der Waals surface area contributed by atoms with Crippen molar-refractivity contribution in [2.24, 2.45) is 4.99 Å². The molecule has 0 unspecified atom stereocenters. The van der Waals surface area contributed by atoms with Crippen molar-refractivity contribution >= 4 is 5.96 Å². The number of hydrogen-bond acceptors (Lipinski definition) is 5. The van der Waals surface area contributed by atoms with E-state index in [0.717, 1.165) is 69.5 Å². The topological polar surface area (TPSA) is 74.9 Å². The van der Waals surface area contributed by atoms with Gasteiger partial charge in [0.15, 0.2) is 11.7 Å². The van der Waals surface area contributed by atoms with E-state index in [1.807, 2.05) is 6.07 Å². The average Bonchev–Trinajstić information content (AvgIpc) is 3.27. The van der Waals surface area contributed by atoms with Crippen molar-refractivity contribution < 1.29 is 9.26 Å². The highest BCUT2D eigenvalue weighted by molar-refractivity contribution is 5.79. The normalized spacial score (nSPS) is 16.1. The Morgan fingerprint density at radius 1 is 1.23 bits per heavy atom. The standard InChI is InChI=1S/C24H37N5O2/c1-19(2)23-16-22(31-28-23)17-27-24(25-3)26-12-7-15-30-21-10-13-29(14-11-21)18-20-8-5-4-6-9-20/h4-6,8-9,16,19,21H,7,10-15,17-18H2,1-3H3,(H2,25,26,27). The average molecular weight is 428 g/mol. The van der Waals surface area contributed by atoms with E-state index in [-0.39, 0.29) is 0 Å². The molecule has 31 heavy (non-hydrogen) atoms. The fraction of sp³-hybridized carbons (Fsp3) is 0.583. The minimum atomic E-state index is 0.367. The third-order valence-corrected chi connectivity index (χ3v) is 5.57. The van der Waals surface area contributed by atoms with Crippen LogP contribution in [0.15, 0.2) is 45.9 Å². The summed E-state index contributed by atoms with van der Waals surface area (Å²) in [5.41, 5.74) is 2.36. The van der Waals surface area contributed by atoms with Crippen LogP contribution in [0, 0.1) is 0 Å². The van der Waals surface area contributed by atoms with Gasteiger partial charge in [-0.1, -0.05) is 49.3 Å². The predicted molar refractivity (Wildman–Crippen MR) is 124 cm³/mol. The lowest BCUT2D eigenvalue weighted by atomic mass is 10.1. The van der Waals surface area contributed by atoms with Gasteiger partial charge in [-0.15, -0.1) is 0 Å². The van der Waals surface area contributed by atoms with Gasteiger partial charge in [-0.2, -0.15) is 0 Å². The second-order valence-electron chi connectivity index (χ2n) is 8.41. The van der Waals surface area contributed by atoms with Crippen molar-refractivity contribution in [3.8, 4) is 0 Å². The van der Waals surface area contributed by atoms with E-state index in [1.165, 1.54) is 5.56 Å². The molecule has 2 aromatic rings. The number of likely N-dealkylation sites (tertiary alicyclic amines) is 1. The minimum absolute atomic E-state index is 0.367. The first kappa shape index (κ1) is 23.3. The van der Waals surface area contributed by atoms with Crippen LogP contribution in [-0.4, -0.2) is 55.4 Å². The van der Waals surface area contributed by atoms with Crippen LogP contribution in [0.1, 0.15) is 56.0 Å². The molecule has 1 aliphatic rings. The summed E-state index contributed by atoms with van der Waals surface area (Å²) in [6.07, 6.45) is 3.55. The Hall–Kier alpha value is -2.38. The molecule has 1 fully saturated rings. The number of aliphatic imine (C=N–C) groups is 1. The van der Waals surface area contributed by atoms with Crippen LogP contribution in [0.4, 0.5) is 0 Å². The Labute approximate surface area is 186 Å². The molecule has 2 heterocycles. The second kappa shape index (κ2) is 12.5. The summed E-state index contributed by atoms with van der Waals surface area (Å²) in [6, 6.07) is 12.7. The van der Waals surface area contributed by atoms with Gasteiger partial charge in [0.2, 0.25) is 0 Å². The molecule has 0 bridgehead atoms. The maximum Gasteiger partial charge on any atom is 0.191 e. The Kier molecular flexibility index (Phi) is 9.37. The molecule has 1 saturated heterocycles. The SMILES string of the molecule is CN=C(NCCCOC1CCN(Cc2ccccc2)CC1)NCc1cc(C(C)C)no1. The molecular weight excluding hydrogens is 390 g/mol. The number of nitrogens with zero attached hydrogens (tertiary/aromatic N) is 3. The molecule has 0 radical (unpaired) electrons. The van der Waals surface area contributed by atoms with Gasteiger partial charge in [-0.05, 0) is 30.7 Å². The van der Waals surface area contributed by atoms with Gasteiger partial charge in [0.1, 0.15) is 0 Å². The lowest BCUT2D eigenvalue weighted by molar-refractivity contribution is 0.00534. The van der Waals surface area contributed by atoms with Crippen molar-refractivity contribution in [1.29, 1.82) is 0 Å². The van der Waals surface area contributed by atoms with Crippen LogP contribution in [0.5, 0.6) is 0 Å². The highest BCUT2D eigenvalue weighted by atomic mass is 16.5. The molecule has 0 atom stereocenters. The van der Waals surface area contributed by atoms with E-state index in [2.05, 4.69) is 69.9 Å². The number of aromatic nitrogens is 1. The van der Waals surface area contributed by atoms with Gasteiger partial charge >= 0.3 is 0 Å². The zero-order valence-electron chi connectivity index (χ0n) is 19.1. The van der Waals surface area contributed by atoms with Crippen molar-refractivity contribution in [2.75, 3.05) is 33.3 Å². The fourth-order valence-electron chi connectivity index (χ4n) is 3.68. The van der Waals surface area contributed by atoms with E-state index < -0.39 is 0 Å². The maximum atomic E-state index is 6.10. The predicted octanol–water partition coefficient (Wildman–Crippen LogP) is 3.53. The third-order valence-electron chi connectivity index (χ3n) is 5.57. The van der Waals surface area contributed by atoms with Gasteiger partial charge < -0.3 is 19.9 Å². The third kappa shape index (κ3) is 7.99. The number of nitrogens with one attached hydrogen (secondary N) is 2. The van der Waals surface area contributed by atoms with E-state index in [0.29, 0.717) is 18.6 Å². The van der Waals surface area contributed by atoms with Gasteiger partial charge in [0.25, 0.3) is 0 Å². The first-order chi connectivity index (χ1) is 15.1. The number of hydrogen-bond donors (Lipinski definition) is 2. The fourth-order valence-corrected chi connectivity index (χ4v) is 3.68. The number of rotatable bonds is 10. The molecule has 1 aliphatic heterocycles. The first-order valence-corrected chi connectivity index (χ1v) is 11.4. The van der Waals surface area contributed by atoms with Crippen molar-refractivity contribution in [3.63, 3.8) is 0 Å². The molecule has 0 spiro atoms. The zero-order chi connectivity index (χ0) is 21.9. The molecule has 1 aromatic carbocycles. The van der Waals surface area contributed by atoms with Crippen LogP contribution in [0.25, 0.3) is 0 Å². The van der Waals surface area contributed by atoms with Gasteiger partial charge in [0.05, 0.1) is 18.3 Å². The lowest BCUT2D eigenvalue weighted by Gasteiger charge is -2.32. The van der Waals surface area contributed by atoms with Gasteiger partial charge in [-0.25, -0.2) is 0 Å². The molecule has 0 saturated carbocycles. The summed E-state index contributed by atoms with van der Waals surface area (Å²) in [4.78, 5) is 6.78. The highest BCUT2D eigenvalue weighted by Crippen LogP contribution is 2.16. The number of ether oxygens (including phenoxy) is 1. The van der Waals surface area contributed by atoms with Crippen molar-refractivity contribution in [2.45, 2.75) is 58.2 Å². The van der Waals surface area contributed by atoms with Crippen LogP contribution in [0.2, 0.25) is 0 Å². The molecule has 0 amide bonds. The summed E-state index contributed by atoms with van der Waals surface area (Å²) < 4.78 is 11.5. The van der Waals surface area contributed by atoms with E-state index in [9.17, 15) is 0 Å². The Morgan fingerprint density at radius 3 is 2.68 bits per heavy atom. The van der Waals surface area contributed by atoms with Crippen LogP contribution < -0.4 is 10.6 Å². The van der Waals surface area contributed by atoms with Crippen molar-refractivity contribution in [3.05, 3.63) is 53.4 Å². The quantitative estimate of drug-likeness (QED) is 0.343. The molecule has 3 rings (SSSR count). The van der Waals surface area contributed by atoms with Crippen LogP contribution in [0.3, 0.4) is 0 Å². The van der Waals surface area contributed by atoms with Crippen LogP contribution in [-0.2, 0) is 17.8 Å². The van der Waals surface area contributed by atoms with Gasteiger partial charge in [-0.3, -0.25) is 9.89 Å². The van der Waals surface area contributed by atoms with Gasteiger partial charge in [0, 0.05) is 45.9 Å². The van der Waals surface area contributed by atoms with E-state index in [1.54, 1.807) is 7.05 Å². The molecule has 7 heteroatoms. The number of guanidine groups is 1. The Balaban J connectivity index is 1.24. The lowest BCUT2D eigenvalue weighted by Crippen LogP contribution is -2.38. The summed E-state index contributed by atoms with van der Waals surface area (Å²) in [5.74, 6) is 1.94. The van der Waals surface area contributed by atoms with E-state index >= 15 is 0 Å². The molecule has 170 valence electrons. The molecule has 0 aliphatic carbocycles. The largest absolute Gasteiger partial charge is 0.378 e. The summed E-state index contributed by atoms with van der Waals surface area (Å²) in [7, 11) is 1.77. The number of benzene rings is 1. The Morgan fingerprint density at radius 2 is 2.00 bits per heavy atom.